The van der Waals surface area contributed by atoms with Gasteiger partial charge in [0.25, 0.3) is 5.91 Å². The lowest BCUT2D eigenvalue weighted by atomic mass is 9.97. The summed E-state index contributed by atoms with van der Waals surface area (Å²) in [6.07, 6.45) is 0. The number of amides is 1. The fraction of sp³-hybridized carbons (Fsp3) is 0.200. The number of piperazine rings is 1. The normalized spacial score (nSPS) is 13.7. The first-order valence-electron chi connectivity index (χ1n) is 10.1. The highest BCUT2D eigenvalue weighted by Crippen LogP contribution is 2.23. The second kappa shape index (κ2) is 9.23. The Balaban J connectivity index is 1.49. The van der Waals surface area contributed by atoms with Gasteiger partial charge in [-0.2, -0.15) is 0 Å². The molecule has 5 nitrogen and oxygen atoms in total. The first-order chi connectivity index (χ1) is 15.1. The van der Waals surface area contributed by atoms with Crippen molar-refractivity contribution in [1.82, 2.24) is 4.90 Å². The molecule has 0 radical (unpaired) electrons. The van der Waals surface area contributed by atoms with Gasteiger partial charge in [0.1, 0.15) is 5.75 Å². The van der Waals surface area contributed by atoms with E-state index in [1.165, 1.54) is 0 Å². The molecule has 3 aromatic carbocycles. The molecular formula is C25H23ClN2O3. The van der Waals surface area contributed by atoms with E-state index >= 15 is 0 Å². The van der Waals surface area contributed by atoms with Crippen LogP contribution < -0.4 is 9.64 Å². The van der Waals surface area contributed by atoms with Gasteiger partial charge in [-0.05, 0) is 42.5 Å². The van der Waals surface area contributed by atoms with Crippen LogP contribution in [0.5, 0.6) is 5.75 Å². The predicted molar refractivity (Wildman–Crippen MR) is 122 cm³/mol. The SMILES string of the molecule is COc1cccc(N2CCN(C(=O)c3ccccc3C(=O)c3ccc(Cl)cc3)CC2)c1. The third kappa shape index (κ3) is 4.57. The summed E-state index contributed by atoms with van der Waals surface area (Å²) in [7, 11) is 1.65. The Morgan fingerprint density at radius 1 is 0.839 bits per heavy atom. The topological polar surface area (TPSA) is 49.9 Å². The molecule has 1 fully saturated rings. The number of anilines is 1. The van der Waals surface area contributed by atoms with Crippen molar-refractivity contribution >= 4 is 29.0 Å². The number of ether oxygens (including phenoxy) is 1. The summed E-state index contributed by atoms with van der Waals surface area (Å²) in [5.74, 6) is 0.504. The molecule has 0 spiro atoms. The Bertz CT molecular complexity index is 1090. The summed E-state index contributed by atoms with van der Waals surface area (Å²) in [6, 6.07) is 21.6. The Morgan fingerprint density at radius 2 is 1.52 bits per heavy atom. The molecule has 1 amide bonds. The highest BCUT2D eigenvalue weighted by molar-refractivity contribution is 6.30. The Kier molecular flexibility index (Phi) is 6.23. The van der Waals surface area contributed by atoms with Crippen LogP contribution in [0.1, 0.15) is 26.3 Å². The van der Waals surface area contributed by atoms with E-state index in [1.54, 1.807) is 55.6 Å². The summed E-state index contributed by atoms with van der Waals surface area (Å²) in [5, 5.41) is 0.565. The maximum Gasteiger partial charge on any atom is 0.254 e. The van der Waals surface area contributed by atoms with E-state index in [0.29, 0.717) is 47.9 Å². The maximum atomic E-state index is 13.3. The van der Waals surface area contributed by atoms with Crippen molar-refractivity contribution in [3.8, 4) is 5.75 Å². The van der Waals surface area contributed by atoms with Crippen LogP contribution in [0.2, 0.25) is 5.02 Å². The average Bonchev–Trinajstić information content (AvgIpc) is 2.84. The van der Waals surface area contributed by atoms with E-state index in [4.69, 9.17) is 16.3 Å². The van der Waals surface area contributed by atoms with E-state index in [2.05, 4.69) is 4.90 Å². The van der Waals surface area contributed by atoms with Crippen molar-refractivity contribution in [3.05, 3.63) is 94.5 Å². The van der Waals surface area contributed by atoms with Crippen molar-refractivity contribution in [1.29, 1.82) is 0 Å². The van der Waals surface area contributed by atoms with Crippen molar-refractivity contribution < 1.29 is 14.3 Å². The van der Waals surface area contributed by atoms with Crippen LogP contribution in [0.15, 0.2) is 72.8 Å². The number of benzene rings is 3. The highest BCUT2D eigenvalue weighted by Gasteiger charge is 2.26. The van der Waals surface area contributed by atoms with Gasteiger partial charge in [0, 0.05) is 54.1 Å². The maximum absolute atomic E-state index is 13.3. The quantitative estimate of drug-likeness (QED) is 0.553. The number of carbonyl (C=O) groups excluding carboxylic acids is 2. The van der Waals surface area contributed by atoms with E-state index in [0.717, 1.165) is 11.4 Å². The smallest absolute Gasteiger partial charge is 0.254 e. The van der Waals surface area contributed by atoms with Gasteiger partial charge in [0.2, 0.25) is 0 Å². The fourth-order valence-corrected chi connectivity index (χ4v) is 3.90. The molecular weight excluding hydrogens is 412 g/mol. The first kappa shape index (κ1) is 20.9. The van der Waals surface area contributed by atoms with Gasteiger partial charge < -0.3 is 14.5 Å². The second-order valence-electron chi connectivity index (χ2n) is 7.36. The van der Waals surface area contributed by atoms with Crippen molar-refractivity contribution in [2.24, 2.45) is 0 Å². The van der Waals surface area contributed by atoms with Crippen LogP contribution in [0.3, 0.4) is 0 Å². The number of rotatable bonds is 5. The molecule has 0 atom stereocenters. The number of hydrogen-bond acceptors (Lipinski definition) is 4. The van der Waals surface area contributed by atoms with Crippen LogP contribution >= 0.6 is 11.6 Å². The molecule has 1 saturated heterocycles. The molecule has 6 heteroatoms. The van der Waals surface area contributed by atoms with E-state index < -0.39 is 0 Å². The van der Waals surface area contributed by atoms with Crippen molar-refractivity contribution in [2.75, 3.05) is 38.2 Å². The Hall–Kier alpha value is -3.31. The Labute approximate surface area is 186 Å². The molecule has 4 rings (SSSR count). The van der Waals surface area contributed by atoms with Crippen LogP contribution in [0.4, 0.5) is 5.69 Å². The number of methoxy groups -OCH3 is 1. The van der Waals surface area contributed by atoms with Gasteiger partial charge in [-0.1, -0.05) is 35.9 Å². The minimum Gasteiger partial charge on any atom is -0.497 e. The summed E-state index contributed by atoms with van der Waals surface area (Å²) in [4.78, 5) is 30.3. The first-order valence-corrected chi connectivity index (χ1v) is 10.5. The second-order valence-corrected chi connectivity index (χ2v) is 7.80. The Morgan fingerprint density at radius 3 is 2.19 bits per heavy atom. The summed E-state index contributed by atoms with van der Waals surface area (Å²) >= 11 is 5.94. The average molecular weight is 435 g/mol. The van der Waals surface area contributed by atoms with E-state index in [1.807, 2.05) is 29.2 Å². The van der Waals surface area contributed by atoms with Gasteiger partial charge in [0.15, 0.2) is 5.78 Å². The largest absolute Gasteiger partial charge is 0.497 e. The molecule has 0 N–H and O–H groups in total. The summed E-state index contributed by atoms with van der Waals surface area (Å²) in [6.45, 7) is 2.59. The van der Waals surface area contributed by atoms with Gasteiger partial charge in [0.05, 0.1) is 12.7 Å². The third-order valence-electron chi connectivity index (χ3n) is 5.49. The van der Waals surface area contributed by atoms with Crippen LogP contribution in [-0.2, 0) is 0 Å². The zero-order valence-corrected chi connectivity index (χ0v) is 18.0. The van der Waals surface area contributed by atoms with Gasteiger partial charge in [-0.25, -0.2) is 0 Å². The monoisotopic (exact) mass is 434 g/mol. The van der Waals surface area contributed by atoms with Gasteiger partial charge in [-0.15, -0.1) is 0 Å². The molecule has 1 aliphatic rings. The van der Waals surface area contributed by atoms with Crippen molar-refractivity contribution in [2.45, 2.75) is 0 Å². The van der Waals surface area contributed by atoms with Gasteiger partial charge >= 0.3 is 0 Å². The fourth-order valence-electron chi connectivity index (χ4n) is 3.77. The lowest BCUT2D eigenvalue weighted by molar-refractivity contribution is 0.0742. The molecule has 1 heterocycles. The molecule has 0 saturated carbocycles. The lowest BCUT2D eigenvalue weighted by Crippen LogP contribution is -2.49. The molecule has 0 aliphatic carbocycles. The van der Waals surface area contributed by atoms with Gasteiger partial charge in [-0.3, -0.25) is 9.59 Å². The summed E-state index contributed by atoms with van der Waals surface area (Å²) in [5.41, 5.74) is 2.42. The van der Waals surface area contributed by atoms with Crippen molar-refractivity contribution in [3.63, 3.8) is 0 Å². The molecule has 0 bridgehead atoms. The highest BCUT2D eigenvalue weighted by atomic mass is 35.5. The minimum atomic E-state index is -0.185. The molecule has 0 unspecified atom stereocenters. The number of carbonyl (C=O) groups is 2. The number of ketones is 1. The minimum absolute atomic E-state index is 0.122. The molecule has 3 aromatic rings. The standard InChI is InChI=1S/C25H23ClN2O3/c1-31-21-6-4-5-20(17-21)27-13-15-28(16-14-27)25(30)23-8-3-2-7-22(23)24(29)18-9-11-19(26)12-10-18/h2-12,17H,13-16H2,1H3. The zero-order chi connectivity index (χ0) is 21.8. The zero-order valence-electron chi connectivity index (χ0n) is 17.3. The molecule has 0 aromatic heterocycles. The number of hydrogen-bond donors (Lipinski definition) is 0. The third-order valence-corrected chi connectivity index (χ3v) is 5.75. The lowest BCUT2D eigenvalue weighted by Gasteiger charge is -2.36. The number of nitrogens with zero attached hydrogens (tertiary/aromatic N) is 2. The van der Waals surface area contributed by atoms with Crippen LogP contribution in [0, 0.1) is 0 Å². The molecule has 1 aliphatic heterocycles. The van der Waals surface area contributed by atoms with E-state index in [-0.39, 0.29) is 11.7 Å². The van der Waals surface area contributed by atoms with Crippen LogP contribution in [-0.4, -0.2) is 49.9 Å². The molecule has 31 heavy (non-hydrogen) atoms. The summed E-state index contributed by atoms with van der Waals surface area (Å²) < 4.78 is 5.31. The number of halogens is 1. The molecule has 158 valence electrons. The van der Waals surface area contributed by atoms with E-state index in [9.17, 15) is 9.59 Å². The predicted octanol–water partition coefficient (Wildman–Crippen LogP) is 4.54. The van der Waals surface area contributed by atoms with Crippen LogP contribution in [0.25, 0.3) is 0 Å².